The molecule has 1 fully saturated rings. The predicted octanol–water partition coefficient (Wildman–Crippen LogP) is 0.140. The van der Waals surface area contributed by atoms with Crippen LogP contribution >= 0.6 is 0 Å². The average Bonchev–Trinajstić information content (AvgIpc) is 2.85. The summed E-state index contributed by atoms with van der Waals surface area (Å²) in [4.78, 5) is 27.5. The molecule has 6 nitrogen and oxygen atoms in total. The van der Waals surface area contributed by atoms with Crippen LogP contribution in [0.25, 0.3) is 0 Å². The zero-order valence-corrected chi connectivity index (χ0v) is 11.1. The van der Waals surface area contributed by atoms with Crippen molar-refractivity contribution in [2.24, 2.45) is 5.92 Å². The molecule has 1 aromatic rings. The Hall–Kier alpha value is -1.87. The molecule has 1 aromatic heterocycles. The third-order valence-electron chi connectivity index (χ3n) is 3.41. The molecular weight excluding hydrogens is 244 g/mol. The SMILES string of the molecule is CC(CN1CCCC1)Cn1cc(C#N)c(=O)[nH]c1=O. The van der Waals surface area contributed by atoms with E-state index in [-0.39, 0.29) is 5.56 Å². The summed E-state index contributed by atoms with van der Waals surface area (Å²) in [6.07, 6.45) is 3.83. The van der Waals surface area contributed by atoms with Crippen LogP contribution in [-0.2, 0) is 6.54 Å². The van der Waals surface area contributed by atoms with Gasteiger partial charge in [-0.25, -0.2) is 4.79 Å². The Balaban J connectivity index is 2.08. The highest BCUT2D eigenvalue weighted by molar-refractivity contribution is 5.21. The van der Waals surface area contributed by atoms with Gasteiger partial charge in [0.25, 0.3) is 5.56 Å². The number of H-pyrrole nitrogens is 1. The van der Waals surface area contributed by atoms with Crippen LogP contribution < -0.4 is 11.2 Å². The van der Waals surface area contributed by atoms with E-state index in [0.717, 1.165) is 19.6 Å². The first-order chi connectivity index (χ1) is 9.10. The maximum absolute atomic E-state index is 11.7. The second-order valence-corrected chi connectivity index (χ2v) is 5.18. The lowest BCUT2D eigenvalue weighted by Crippen LogP contribution is -2.35. The third kappa shape index (κ3) is 3.32. The molecule has 0 aliphatic carbocycles. The Morgan fingerprint density at radius 3 is 2.68 bits per heavy atom. The van der Waals surface area contributed by atoms with Crippen molar-refractivity contribution in [3.63, 3.8) is 0 Å². The third-order valence-corrected chi connectivity index (χ3v) is 3.41. The average molecular weight is 262 g/mol. The Kier molecular flexibility index (Phi) is 4.17. The van der Waals surface area contributed by atoms with E-state index in [2.05, 4.69) is 16.8 Å². The summed E-state index contributed by atoms with van der Waals surface area (Å²) in [6, 6.07) is 1.80. The molecule has 0 aromatic carbocycles. The molecule has 0 bridgehead atoms. The Labute approximate surface area is 111 Å². The van der Waals surface area contributed by atoms with Gasteiger partial charge in [0.1, 0.15) is 11.6 Å². The second kappa shape index (κ2) is 5.85. The molecule has 2 heterocycles. The molecule has 1 atom stereocenters. The van der Waals surface area contributed by atoms with E-state index >= 15 is 0 Å². The Morgan fingerprint density at radius 1 is 1.37 bits per heavy atom. The van der Waals surface area contributed by atoms with Gasteiger partial charge in [-0.1, -0.05) is 6.92 Å². The first-order valence-corrected chi connectivity index (χ1v) is 6.56. The van der Waals surface area contributed by atoms with Crippen molar-refractivity contribution in [1.82, 2.24) is 14.5 Å². The number of rotatable bonds is 4. The van der Waals surface area contributed by atoms with Crippen molar-refractivity contribution in [3.05, 3.63) is 32.6 Å². The maximum Gasteiger partial charge on any atom is 0.328 e. The number of nitrogens with one attached hydrogen (secondary N) is 1. The molecule has 0 spiro atoms. The van der Waals surface area contributed by atoms with Crippen molar-refractivity contribution in [1.29, 1.82) is 5.26 Å². The molecule has 1 N–H and O–H groups in total. The quantitative estimate of drug-likeness (QED) is 0.836. The number of nitrogens with zero attached hydrogens (tertiary/aromatic N) is 3. The zero-order chi connectivity index (χ0) is 13.8. The molecule has 1 aliphatic rings. The Bertz CT molecular complexity index is 590. The number of hydrogen-bond donors (Lipinski definition) is 1. The van der Waals surface area contributed by atoms with Gasteiger partial charge in [0, 0.05) is 19.3 Å². The largest absolute Gasteiger partial charge is 0.328 e. The molecule has 1 aliphatic heterocycles. The topological polar surface area (TPSA) is 81.9 Å². The molecule has 0 radical (unpaired) electrons. The van der Waals surface area contributed by atoms with Crippen molar-refractivity contribution in [3.8, 4) is 6.07 Å². The minimum atomic E-state index is -0.615. The van der Waals surface area contributed by atoms with Gasteiger partial charge in [-0.05, 0) is 31.8 Å². The van der Waals surface area contributed by atoms with E-state index in [4.69, 9.17) is 5.26 Å². The number of aromatic nitrogens is 2. The van der Waals surface area contributed by atoms with E-state index in [1.165, 1.54) is 23.6 Å². The molecule has 2 rings (SSSR count). The minimum absolute atomic E-state index is 0.0204. The fourth-order valence-corrected chi connectivity index (χ4v) is 2.52. The number of aromatic amines is 1. The van der Waals surface area contributed by atoms with Crippen molar-refractivity contribution < 1.29 is 0 Å². The lowest BCUT2D eigenvalue weighted by atomic mass is 10.1. The van der Waals surface area contributed by atoms with Gasteiger partial charge in [0.05, 0.1) is 0 Å². The molecule has 1 saturated heterocycles. The van der Waals surface area contributed by atoms with E-state index in [0.29, 0.717) is 12.5 Å². The van der Waals surface area contributed by atoms with Crippen LogP contribution in [0, 0.1) is 17.2 Å². The number of nitriles is 1. The number of likely N-dealkylation sites (tertiary alicyclic amines) is 1. The summed E-state index contributed by atoms with van der Waals surface area (Å²) in [5.41, 5.74) is -1.08. The van der Waals surface area contributed by atoms with E-state index in [1.807, 2.05) is 0 Å². The molecular formula is C13H18N4O2. The lowest BCUT2D eigenvalue weighted by Gasteiger charge is -2.20. The Morgan fingerprint density at radius 2 is 2.05 bits per heavy atom. The van der Waals surface area contributed by atoms with Gasteiger partial charge < -0.3 is 4.90 Å². The first-order valence-electron chi connectivity index (χ1n) is 6.56. The summed E-state index contributed by atoms with van der Waals surface area (Å²) >= 11 is 0. The van der Waals surface area contributed by atoms with Gasteiger partial charge in [-0.3, -0.25) is 14.3 Å². The summed E-state index contributed by atoms with van der Waals surface area (Å²) in [5, 5.41) is 8.80. The van der Waals surface area contributed by atoms with E-state index in [1.54, 1.807) is 6.07 Å². The van der Waals surface area contributed by atoms with Gasteiger partial charge in [0.15, 0.2) is 0 Å². The smallest absolute Gasteiger partial charge is 0.303 e. The summed E-state index contributed by atoms with van der Waals surface area (Å²) in [5.74, 6) is 0.299. The van der Waals surface area contributed by atoms with Crippen molar-refractivity contribution in [2.45, 2.75) is 26.3 Å². The standard InChI is InChI=1S/C13H18N4O2/c1-10(7-16-4-2-3-5-16)8-17-9-11(6-14)12(18)15-13(17)19/h9-10H,2-5,7-8H2,1H3,(H,15,18,19). The van der Waals surface area contributed by atoms with Crippen molar-refractivity contribution >= 4 is 0 Å². The van der Waals surface area contributed by atoms with Crippen LogP contribution in [0.15, 0.2) is 15.8 Å². The predicted molar refractivity (Wildman–Crippen MR) is 70.9 cm³/mol. The van der Waals surface area contributed by atoms with Gasteiger partial charge in [-0.2, -0.15) is 5.26 Å². The van der Waals surface area contributed by atoms with E-state index < -0.39 is 11.2 Å². The highest BCUT2D eigenvalue weighted by atomic mass is 16.2. The highest BCUT2D eigenvalue weighted by Gasteiger charge is 2.15. The normalized spacial score (nSPS) is 17.3. The molecule has 0 saturated carbocycles. The van der Waals surface area contributed by atoms with E-state index in [9.17, 15) is 9.59 Å². The zero-order valence-electron chi connectivity index (χ0n) is 11.1. The monoisotopic (exact) mass is 262 g/mol. The fraction of sp³-hybridized carbons (Fsp3) is 0.615. The van der Waals surface area contributed by atoms with Crippen LogP contribution in [0.5, 0.6) is 0 Å². The molecule has 102 valence electrons. The van der Waals surface area contributed by atoms with Crippen LogP contribution in [0.3, 0.4) is 0 Å². The minimum Gasteiger partial charge on any atom is -0.303 e. The fourth-order valence-electron chi connectivity index (χ4n) is 2.52. The van der Waals surface area contributed by atoms with Gasteiger partial charge in [0.2, 0.25) is 0 Å². The summed E-state index contributed by atoms with van der Waals surface area (Å²) in [7, 11) is 0. The maximum atomic E-state index is 11.7. The lowest BCUT2D eigenvalue weighted by molar-refractivity contribution is 0.269. The van der Waals surface area contributed by atoms with Crippen molar-refractivity contribution in [2.75, 3.05) is 19.6 Å². The molecule has 1 unspecified atom stereocenters. The van der Waals surface area contributed by atoms with Crippen LogP contribution in [0.4, 0.5) is 0 Å². The molecule has 0 amide bonds. The van der Waals surface area contributed by atoms with Gasteiger partial charge in [-0.15, -0.1) is 0 Å². The summed E-state index contributed by atoms with van der Waals surface area (Å²) < 4.78 is 1.42. The summed E-state index contributed by atoms with van der Waals surface area (Å²) in [6.45, 7) is 5.76. The van der Waals surface area contributed by atoms with Crippen LogP contribution in [0.2, 0.25) is 0 Å². The second-order valence-electron chi connectivity index (χ2n) is 5.18. The first kappa shape index (κ1) is 13.6. The van der Waals surface area contributed by atoms with Gasteiger partial charge >= 0.3 is 5.69 Å². The molecule has 19 heavy (non-hydrogen) atoms. The van der Waals surface area contributed by atoms with Crippen LogP contribution in [0.1, 0.15) is 25.3 Å². The highest BCUT2D eigenvalue weighted by Crippen LogP contribution is 2.10. The van der Waals surface area contributed by atoms with Crippen LogP contribution in [-0.4, -0.2) is 34.1 Å². The number of hydrogen-bond acceptors (Lipinski definition) is 4. The molecule has 6 heteroatoms.